The summed E-state index contributed by atoms with van der Waals surface area (Å²) in [5.74, 6) is 0.597. The van der Waals surface area contributed by atoms with Gasteiger partial charge in [-0.1, -0.05) is 30.3 Å². The van der Waals surface area contributed by atoms with Gasteiger partial charge in [0, 0.05) is 24.0 Å². The van der Waals surface area contributed by atoms with Crippen LogP contribution in [-0.4, -0.2) is 56.4 Å². The number of carbonyl (C=O) groups excluding carboxylic acids is 1. The third-order valence-electron chi connectivity index (χ3n) is 4.80. The number of hydrogen-bond acceptors (Lipinski definition) is 7. The first kappa shape index (κ1) is 21.6. The molecule has 0 radical (unpaired) electrons. The van der Waals surface area contributed by atoms with E-state index in [-0.39, 0.29) is 23.7 Å². The van der Waals surface area contributed by atoms with Crippen LogP contribution in [-0.2, 0) is 26.0 Å². The Kier molecular flexibility index (Phi) is 6.77. The second-order valence-corrected chi connectivity index (χ2v) is 9.87. The van der Waals surface area contributed by atoms with Crippen LogP contribution in [0.3, 0.4) is 0 Å². The molecule has 1 saturated heterocycles. The lowest BCUT2D eigenvalue weighted by Crippen LogP contribution is -2.40. The Balaban J connectivity index is 1.38. The fourth-order valence-corrected chi connectivity index (χ4v) is 5.40. The molecule has 0 unspecified atom stereocenters. The number of Topliss-reactive ketones (excluding diaryl/α,β-unsaturated/α-hetero) is 1. The first-order valence-electron chi connectivity index (χ1n) is 9.85. The predicted molar refractivity (Wildman–Crippen MR) is 118 cm³/mol. The highest BCUT2D eigenvalue weighted by molar-refractivity contribution is 7.89. The third kappa shape index (κ3) is 5.37. The summed E-state index contributed by atoms with van der Waals surface area (Å²) in [4.78, 5) is 17.0. The number of thiazole rings is 1. The van der Waals surface area contributed by atoms with E-state index in [4.69, 9.17) is 9.47 Å². The Labute approximate surface area is 185 Å². The van der Waals surface area contributed by atoms with Crippen LogP contribution in [0.2, 0.25) is 0 Å². The molecule has 162 valence electrons. The van der Waals surface area contributed by atoms with Crippen LogP contribution in [0.4, 0.5) is 0 Å². The lowest BCUT2D eigenvalue weighted by molar-refractivity contribution is -0.120. The number of aromatic nitrogens is 1. The molecule has 1 aliphatic rings. The largest absolute Gasteiger partial charge is 0.486 e. The van der Waals surface area contributed by atoms with Gasteiger partial charge in [-0.15, -0.1) is 11.3 Å². The molecule has 0 amide bonds. The van der Waals surface area contributed by atoms with Crippen LogP contribution >= 0.6 is 11.3 Å². The Morgan fingerprint density at radius 2 is 1.77 bits per heavy atom. The number of nitrogens with zero attached hydrogens (tertiary/aromatic N) is 2. The number of sulfonamides is 1. The van der Waals surface area contributed by atoms with Gasteiger partial charge in [0.2, 0.25) is 10.0 Å². The molecule has 1 fully saturated rings. The summed E-state index contributed by atoms with van der Waals surface area (Å²) in [7, 11) is -3.52. The van der Waals surface area contributed by atoms with Gasteiger partial charge in [-0.3, -0.25) is 4.79 Å². The number of hydrogen-bond donors (Lipinski definition) is 0. The Bertz CT molecular complexity index is 1120. The van der Waals surface area contributed by atoms with Crippen LogP contribution in [0.1, 0.15) is 5.01 Å². The highest BCUT2D eigenvalue weighted by atomic mass is 32.2. The van der Waals surface area contributed by atoms with Crippen molar-refractivity contribution in [2.24, 2.45) is 0 Å². The van der Waals surface area contributed by atoms with Crippen molar-refractivity contribution in [1.29, 1.82) is 0 Å². The summed E-state index contributed by atoms with van der Waals surface area (Å²) >= 11 is 1.40. The monoisotopic (exact) mass is 458 g/mol. The summed E-state index contributed by atoms with van der Waals surface area (Å²) in [6.07, 6.45) is 0.195. The smallest absolute Gasteiger partial charge is 0.243 e. The zero-order valence-corrected chi connectivity index (χ0v) is 18.4. The van der Waals surface area contributed by atoms with Crippen molar-refractivity contribution in [3.8, 4) is 17.0 Å². The van der Waals surface area contributed by atoms with E-state index in [9.17, 15) is 13.2 Å². The summed E-state index contributed by atoms with van der Waals surface area (Å²) in [6, 6.07) is 15.9. The lowest BCUT2D eigenvalue weighted by Gasteiger charge is -2.26. The van der Waals surface area contributed by atoms with Gasteiger partial charge >= 0.3 is 0 Å². The first-order chi connectivity index (χ1) is 15.0. The summed E-state index contributed by atoms with van der Waals surface area (Å²) in [5.41, 5.74) is 1.52. The second kappa shape index (κ2) is 9.69. The molecule has 1 aliphatic heterocycles. The van der Waals surface area contributed by atoms with Gasteiger partial charge in [0.1, 0.15) is 17.4 Å². The molecule has 4 rings (SSSR count). The lowest BCUT2D eigenvalue weighted by atomic mass is 10.2. The average Bonchev–Trinajstić information content (AvgIpc) is 3.27. The second-order valence-electron chi connectivity index (χ2n) is 6.98. The van der Waals surface area contributed by atoms with Crippen molar-refractivity contribution in [2.45, 2.75) is 11.3 Å². The fraction of sp³-hybridized carbons (Fsp3) is 0.273. The molecule has 2 heterocycles. The van der Waals surface area contributed by atoms with Crippen LogP contribution in [0.15, 0.2) is 64.9 Å². The van der Waals surface area contributed by atoms with Crippen molar-refractivity contribution in [3.05, 3.63) is 65.0 Å². The van der Waals surface area contributed by atoms with E-state index >= 15 is 0 Å². The van der Waals surface area contributed by atoms with Crippen LogP contribution in [0.5, 0.6) is 5.75 Å². The number of rotatable bonds is 8. The molecule has 9 heteroatoms. The highest BCUT2D eigenvalue weighted by Crippen LogP contribution is 2.25. The number of ether oxygens (including phenoxy) is 2. The van der Waals surface area contributed by atoms with Gasteiger partial charge < -0.3 is 9.47 Å². The molecule has 0 bridgehead atoms. The first-order valence-corrected chi connectivity index (χ1v) is 12.2. The predicted octanol–water partition coefficient (Wildman–Crippen LogP) is 3.02. The Morgan fingerprint density at radius 1 is 1.06 bits per heavy atom. The number of morpholine rings is 1. The van der Waals surface area contributed by atoms with Gasteiger partial charge in [0.25, 0.3) is 0 Å². The Hall–Kier alpha value is -2.59. The molecule has 3 aromatic rings. The van der Waals surface area contributed by atoms with Crippen LogP contribution < -0.4 is 4.74 Å². The van der Waals surface area contributed by atoms with Crippen molar-refractivity contribution >= 4 is 27.1 Å². The average molecular weight is 459 g/mol. The minimum absolute atomic E-state index is 0.00692. The van der Waals surface area contributed by atoms with Gasteiger partial charge in [-0.2, -0.15) is 4.31 Å². The third-order valence-corrected chi connectivity index (χ3v) is 7.56. The molecule has 0 N–H and O–H groups in total. The van der Waals surface area contributed by atoms with Gasteiger partial charge in [-0.25, -0.2) is 13.4 Å². The van der Waals surface area contributed by atoms with Gasteiger partial charge in [0.05, 0.1) is 30.2 Å². The topological polar surface area (TPSA) is 85.8 Å². The van der Waals surface area contributed by atoms with E-state index in [1.165, 1.54) is 15.6 Å². The number of carbonyl (C=O) groups is 1. The normalized spacial score (nSPS) is 15.0. The molecular weight excluding hydrogens is 436 g/mol. The molecule has 1 aromatic heterocycles. The zero-order valence-electron chi connectivity index (χ0n) is 16.8. The molecule has 2 aromatic carbocycles. The molecule has 0 aliphatic carbocycles. The Morgan fingerprint density at radius 3 is 2.48 bits per heavy atom. The van der Waals surface area contributed by atoms with E-state index in [0.29, 0.717) is 42.8 Å². The maximum absolute atomic E-state index is 12.7. The number of ketones is 1. The summed E-state index contributed by atoms with van der Waals surface area (Å²) in [5, 5.41) is 2.56. The molecular formula is C22H22N2O5S2. The molecule has 7 nitrogen and oxygen atoms in total. The number of benzene rings is 2. The molecule has 0 atom stereocenters. The number of para-hydroxylation sites is 1. The summed E-state index contributed by atoms with van der Waals surface area (Å²) < 4.78 is 37.6. The van der Waals surface area contributed by atoms with Gasteiger partial charge in [-0.05, 0) is 24.3 Å². The van der Waals surface area contributed by atoms with E-state index in [0.717, 1.165) is 5.56 Å². The SMILES string of the molecule is O=C(COc1ccccc1)Cc1nc(-c2ccc(S(=O)(=O)N3CCOCC3)cc2)cs1. The maximum atomic E-state index is 12.7. The van der Waals surface area contributed by atoms with Crippen molar-refractivity contribution in [1.82, 2.24) is 9.29 Å². The van der Waals surface area contributed by atoms with Crippen molar-refractivity contribution < 1.29 is 22.7 Å². The fourth-order valence-electron chi connectivity index (χ4n) is 3.16. The standard InChI is InChI=1S/C22H22N2O5S2/c25-18(15-29-19-4-2-1-3-5-19)14-22-23-21(16-30-22)17-6-8-20(9-7-17)31(26,27)24-10-12-28-13-11-24/h1-9,16H,10-15H2. The molecule has 0 saturated carbocycles. The molecule has 31 heavy (non-hydrogen) atoms. The minimum Gasteiger partial charge on any atom is -0.486 e. The van der Waals surface area contributed by atoms with Crippen molar-refractivity contribution in [3.63, 3.8) is 0 Å². The van der Waals surface area contributed by atoms with E-state index in [1.54, 1.807) is 36.4 Å². The van der Waals surface area contributed by atoms with E-state index in [2.05, 4.69) is 4.98 Å². The quantitative estimate of drug-likeness (QED) is 0.516. The summed E-state index contributed by atoms with van der Waals surface area (Å²) in [6.45, 7) is 1.54. The van der Waals surface area contributed by atoms with Crippen molar-refractivity contribution in [2.75, 3.05) is 32.9 Å². The van der Waals surface area contributed by atoms with Crippen LogP contribution in [0.25, 0.3) is 11.3 Å². The van der Waals surface area contributed by atoms with Gasteiger partial charge in [0.15, 0.2) is 5.78 Å². The van der Waals surface area contributed by atoms with Crippen LogP contribution in [0, 0.1) is 0 Å². The molecule has 0 spiro atoms. The van der Waals surface area contributed by atoms with E-state index < -0.39 is 10.0 Å². The van der Waals surface area contributed by atoms with E-state index in [1.807, 2.05) is 23.6 Å². The maximum Gasteiger partial charge on any atom is 0.243 e. The zero-order chi connectivity index (χ0) is 21.7. The minimum atomic E-state index is -3.52. The highest BCUT2D eigenvalue weighted by Gasteiger charge is 2.26.